The highest BCUT2D eigenvalue weighted by Crippen LogP contribution is 2.24. The molecule has 0 aliphatic carbocycles. The molecule has 9 heteroatoms. The summed E-state index contributed by atoms with van der Waals surface area (Å²) in [5.41, 5.74) is 0.636. The Morgan fingerprint density at radius 2 is 2.04 bits per heavy atom. The molecule has 2 aromatic carbocycles. The SMILES string of the molecule is CN(C(=O)Nc1nc(Oc2ccc(F)cc2)ns1)c1cccc(Cl)c1. The van der Waals surface area contributed by atoms with Gasteiger partial charge in [-0.3, -0.25) is 10.2 Å². The average Bonchev–Trinajstić information content (AvgIpc) is 3.03. The van der Waals surface area contributed by atoms with E-state index in [9.17, 15) is 9.18 Å². The van der Waals surface area contributed by atoms with Crippen molar-refractivity contribution in [3.05, 3.63) is 59.4 Å². The average molecular weight is 379 g/mol. The number of rotatable bonds is 4. The van der Waals surface area contributed by atoms with Crippen LogP contribution < -0.4 is 15.0 Å². The number of halogens is 2. The fourth-order valence-corrected chi connectivity index (χ4v) is 2.57. The maximum Gasteiger partial charge on any atom is 0.335 e. The molecule has 0 saturated heterocycles. The number of amides is 2. The van der Waals surface area contributed by atoms with Crippen LogP contribution in [-0.2, 0) is 0 Å². The Balaban J connectivity index is 1.64. The van der Waals surface area contributed by atoms with Crippen LogP contribution in [0, 0.1) is 5.82 Å². The molecule has 0 spiro atoms. The molecule has 3 rings (SSSR count). The smallest absolute Gasteiger partial charge is 0.335 e. The van der Waals surface area contributed by atoms with Gasteiger partial charge in [0.15, 0.2) is 0 Å². The van der Waals surface area contributed by atoms with E-state index in [0.717, 1.165) is 11.5 Å². The van der Waals surface area contributed by atoms with Gasteiger partial charge in [-0.15, -0.1) is 4.37 Å². The molecule has 1 heterocycles. The van der Waals surface area contributed by atoms with Gasteiger partial charge in [-0.05, 0) is 42.5 Å². The minimum Gasteiger partial charge on any atom is -0.424 e. The van der Waals surface area contributed by atoms with Gasteiger partial charge in [0.05, 0.1) is 0 Å². The van der Waals surface area contributed by atoms with Crippen molar-refractivity contribution in [3.8, 4) is 11.8 Å². The molecule has 1 N–H and O–H groups in total. The molecular weight excluding hydrogens is 367 g/mol. The van der Waals surface area contributed by atoms with Gasteiger partial charge in [0.2, 0.25) is 5.13 Å². The number of anilines is 2. The zero-order chi connectivity index (χ0) is 17.8. The molecule has 1 aromatic heterocycles. The van der Waals surface area contributed by atoms with E-state index in [1.54, 1.807) is 31.3 Å². The Kier molecular flexibility index (Phi) is 5.11. The zero-order valence-electron chi connectivity index (χ0n) is 12.9. The summed E-state index contributed by atoms with van der Waals surface area (Å²) in [4.78, 5) is 17.7. The Morgan fingerprint density at radius 1 is 1.28 bits per heavy atom. The summed E-state index contributed by atoms with van der Waals surface area (Å²) in [7, 11) is 1.61. The Bertz CT molecular complexity index is 888. The number of aromatic nitrogens is 2. The molecule has 0 saturated carbocycles. The zero-order valence-corrected chi connectivity index (χ0v) is 14.5. The molecular formula is C16H12ClFN4O2S. The summed E-state index contributed by atoms with van der Waals surface area (Å²) in [5.74, 6) is 0.0312. The summed E-state index contributed by atoms with van der Waals surface area (Å²) < 4.78 is 22.3. The molecule has 25 heavy (non-hydrogen) atoms. The first-order valence-electron chi connectivity index (χ1n) is 7.09. The number of ether oxygens (including phenoxy) is 1. The lowest BCUT2D eigenvalue weighted by atomic mass is 10.3. The van der Waals surface area contributed by atoms with E-state index in [-0.39, 0.29) is 17.0 Å². The fourth-order valence-electron chi connectivity index (χ4n) is 1.89. The van der Waals surface area contributed by atoms with Crippen molar-refractivity contribution >= 4 is 40.0 Å². The van der Waals surface area contributed by atoms with Crippen LogP contribution >= 0.6 is 23.1 Å². The van der Waals surface area contributed by atoms with E-state index < -0.39 is 6.03 Å². The van der Waals surface area contributed by atoms with E-state index in [2.05, 4.69) is 14.7 Å². The van der Waals surface area contributed by atoms with Gasteiger partial charge in [0, 0.05) is 29.3 Å². The standard InChI is InChI=1S/C16H12ClFN4O2S/c1-22(12-4-2-3-10(17)9-12)16(23)20-15-19-14(21-25-15)24-13-7-5-11(18)6-8-13/h2-9H,1H3,(H,19,20,21,23). The third-order valence-corrected chi connectivity index (χ3v) is 3.99. The van der Waals surface area contributed by atoms with Crippen molar-refractivity contribution in [2.24, 2.45) is 0 Å². The number of nitrogens with one attached hydrogen (secondary N) is 1. The van der Waals surface area contributed by atoms with Crippen LogP contribution in [0.25, 0.3) is 0 Å². The number of hydrogen-bond donors (Lipinski definition) is 1. The van der Waals surface area contributed by atoms with E-state index in [1.165, 1.54) is 29.2 Å². The third-order valence-electron chi connectivity index (χ3n) is 3.14. The highest BCUT2D eigenvalue weighted by molar-refractivity contribution is 7.10. The summed E-state index contributed by atoms with van der Waals surface area (Å²) >= 11 is 6.90. The van der Waals surface area contributed by atoms with Gasteiger partial charge in [0.25, 0.3) is 0 Å². The normalized spacial score (nSPS) is 10.4. The topological polar surface area (TPSA) is 67.4 Å². The lowest BCUT2D eigenvalue weighted by Crippen LogP contribution is -2.31. The second-order valence-electron chi connectivity index (χ2n) is 4.91. The van der Waals surface area contributed by atoms with Crippen LogP contribution in [0.5, 0.6) is 11.8 Å². The molecule has 3 aromatic rings. The van der Waals surface area contributed by atoms with E-state index in [0.29, 0.717) is 16.5 Å². The van der Waals surface area contributed by atoms with Gasteiger partial charge in [0.1, 0.15) is 11.6 Å². The third kappa shape index (κ3) is 4.43. The van der Waals surface area contributed by atoms with Gasteiger partial charge >= 0.3 is 12.0 Å². The minimum absolute atomic E-state index is 0.0670. The van der Waals surface area contributed by atoms with Crippen molar-refractivity contribution in [1.29, 1.82) is 0 Å². The first-order chi connectivity index (χ1) is 12.0. The lowest BCUT2D eigenvalue weighted by Gasteiger charge is -2.17. The Hall–Kier alpha value is -2.71. The predicted molar refractivity (Wildman–Crippen MR) is 95.3 cm³/mol. The molecule has 0 bridgehead atoms. The van der Waals surface area contributed by atoms with Gasteiger partial charge in [-0.25, -0.2) is 9.18 Å². The second-order valence-corrected chi connectivity index (χ2v) is 6.10. The maximum absolute atomic E-state index is 12.9. The van der Waals surface area contributed by atoms with Crippen molar-refractivity contribution < 1.29 is 13.9 Å². The number of urea groups is 1. The van der Waals surface area contributed by atoms with Crippen molar-refractivity contribution in [2.75, 3.05) is 17.3 Å². The predicted octanol–water partition coefficient (Wildman–Crippen LogP) is 4.79. The molecule has 6 nitrogen and oxygen atoms in total. The molecule has 128 valence electrons. The minimum atomic E-state index is -0.397. The van der Waals surface area contributed by atoms with Crippen LogP contribution in [0.15, 0.2) is 48.5 Å². The van der Waals surface area contributed by atoms with E-state index in [1.807, 2.05) is 0 Å². The van der Waals surface area contributed by atoms with Crippen LogP contribution in [0.1, 0.15) is 0 Å². The molecule has 0 unspecified atom stereocenters. The van der Waals surface area contributed by atoms with Crippen LogP contribution in [0.4, 0.5) is 20.0 Å². The van der Waals surface area contributed by atoms with Crippen molar-refractivity contribution in [3.63, 3.8) is 0 Å². The number of carbonyl (C=O) groups is 1. The number of carbonyl (C=O) groups excluding carboxylic acids is 1. The molecule has 0 radical (unpaired) electrons. The van der Waals surface area contributed by atoms with Gasteiger partial charge in [-0.2, -0.15) is 4.98 Å². The molecule has 0 aliphatic heterocycles. The quantitative estimate of drug-likeness (QED) is 0.708. The van der Waals surface area contributed by atoms with E-state index in [4.69, 9.17) is 16.3 Å². The summed E-state index contributed by atoms with van der Waals surface area (Å²) in [5, 5.41) is 3.43. The van der Waals surface area contributed by atoms with Gasteiger partial charge < -0.3 is 4.74 Å². The molecule has 0 fully saturated rings. The van der Waals surface area contributed by atoms with Crippen LogP contribution in [0.2, 0.25) is 5.02 Å². The maximum atomic E-state index is 12.9. The van der Waals surface area contributed by atoms with Gasteiger partial charge in [-0.1, -0.05) is 17.7 Å². The fraction of sp³-hybridized carbons (Fsp3) is 0.0625. The second kappa shape index (κ2) is 7.45. The molecule has 2 amide bonds. The largest absolute Gasteiger partial charge is 0.424 e. The van der Waals surface area contributed by atoms with Crippen LogP contribution in [0.3, 0.4) is 0 Å². The summed E-state index contributed by atoms with van der Waals surface area (Å²) in [6.45, 7) is 0. The first-order valence-corrected chi connectivity index (χ1v) is 8.24. The Labute approximate surface area is 152 Å². The molecule has 0 atom stereocenters. The highest BCUT2D eigenvalue weighted by atomic mass is 35.5. The number of nitrogens with zero attached hydrogens (tertiary/aromatic N) is 3. The van der Waals surface area contributed by atoms with Crippen molar-refractivity contribution in [1.82, 2.24) is 9.36 Å². The molecule has 0 aliphatic rings. The van der Waals surface area contributed by atoms with Crippen molar-refractivity contribution in [2.45, 2.75) is 0 Å². The Morgan fingerprint density at radius 3 is 2.76 bits per heavy atom. The summed E-state index contributed by atoms with van der Waals surface area (Å²) in [6, 6.07) is 12.0. The summed E-state index contributed by atoms with van der Waals surface area (Å²) in [6.07, 6.45) is 0. The van der Waals surface area contributed by atoms with E-state index >= 15 is 0 Å². The highest BCUT2D eigenvalue weighted by Gasteiger charge is 2.14. The number of hydrogen-bond acceptors (Lipinski definition) is 5. The lowest BCUT2D eigenvalue weighted by molar-refractivity contribution is 0.258. The monoisotopic (exact) mass is 378 g/mol. The first kappa shape index (κ1) is 17.1. The van der Waals surface area contributed by atoms with Crippen LogP contribution in [-0.4, -0.2) is 22.4 Å². The number of benzene rings is 2.